The molecule has 3 rings (SSSR count). The van der Waals surface area contributed by atoms with E-state index in [0.29, 0.717) is 6.42 Å². The van der Waals surface area contributed by atoms with Gasteiger partial charge in [-0.1, -0.05) is 25.8 Å². The fourth-order valence-electron chi connectivity index (χ4n) is 3.43. The highest BCUT2D eigenvalue weighted by Crippen LogP contribution is 2.54. The van der Waals surface area contributed by atoms with E-state index in [0.717, 1.165) is 36.8 Å². The molecule has 0 saturated carbocycles. The van der Waals surface area contributed by atoms with E-state index < -0.39 is 0 Å². The van der Waals surface area contributed by atoms with E-state index in [9.17, 15) is 9.18 Å². The minimum Gasteiger partial charge on any atom is -0.457 e. The van der Waals surface area contributed by atoms with Crippen LogP contribution in [0, 0.1) is 5.82 Å². The third-order valence-corrected chi connectivity index (χ3v) is 4.28. The number of fused-ring (bicyclic) bond motifs is 5. The minimum atomic E-state index is -0.218. The van der Waals surface area contributed by atoms with E-state index in [-0.39, 0.29) is 23.3 Å². The summed E-state index contributed by atoms with van der Waals surface area (Å²) in [6, 6.07) is 4.84. The summed E-state index contributed by atoms with van der Waals surface area (Å²) >= 11 is 0. The fourth-order valence-corrected chi connectivity index (χ4v) is 3.43. The summed E-state index contributed by atoms with van der Waals surface area (Å²) in [5.74, 6) is -0.358. The van der Waals surface area contributed by atoms with Crippen LogP contribution in [0.25, 0.3) is 0 Å². The normalized spacial score (nSPS) is 29.0. The first-order chi connectivity index (χ1) is 8.64. The van der Waals surface area contributed by atoms with Crippen molar-refractivity contribution in [2.24, 2.45) is 0 Å². The molecule has 0 aromatic heterocycles. The van der Waals surface area contributed by atoms with Gasteiger partial charge >= 0.3 is 5.97 Å². The van der Waals surface area contributed by atoms with E-state index in [2.05, 4.69) is 6.92 Å². The molecule has 0 spiro atoms. The lowest BCUT2D eigenvalue weighted by Crippen LogP contribution is -2.32. The summed E-state index contributed by atoms with van der Waals surface area (Å²) in [5, 5.41) is 0. The molecule has 1 aliphatic carbocycles. The Kier molecular flexibility index (Phi) is 2.65. The molecule has 1 fully saturated rings. The first-order valence-corrected chi connectivity index (χ1v) is 6.64. The molecule has 0 N–H and O–H groups in total. The van der Waals surface area contributed by atoms with Gasteiger partial charge in [-0.15, -0.1) is 0 Å². The Morgan fingerprint density at radius 3 is 3.11 bits per heavy atom. The Morgan fingerprint density at radius 2 is 2.33 bits per heavy atom. The minimum absolute atomic E-state index is 0.140. The van der Waals surface area contributed by atoms with Crippen molar-refractivity contribution in [2.45, 2.75) is 50.5 Å². The van der Waals surface area contributed by atoms with Crippen molar-refractivity contribution in [3.63, 3.8) is 0 Å². The number of esters is 1. The van der Waals surface area contributed by atoms with Gasteiger partial charge in [0.2, 0.25) is 0 Å². The lowest BCUT2D eigenvalue weighted by Gasteiger charge is -2.33. The van der Waals surface area contributed by atoms with Crippen LogP contribution in [0.15, 0.2) is 18.2 Å². The number of carbonyl (C=O) groups excluding carboxylic acids is 1. The van der Waals surface area contributed by atoms with Crippen molar-refractivity contribution >= 4 is 5.97 Å². The molecule has 0 amide bonds. The number of halogens is 1. The standard InChI is InChI=1S/C15H17FO2/c1-2-3-6-15-8-13(18-14(17)9-15)11-5-4-10(16)7-12(11)15/h4-5,7,13H,2-3,6,8-9H2,1H3/t13?,15-/m0/s1. The number of carbonyl (C=O) groups is 1. The van der Waals surface area contributed by atoms with Crippen LogP contribution in [0.3, 0.4) is 0 Å². The smallest absolute Gasteiger partial charge is 0.307 e. The van der Waals surface area contributed by atoms with Crippen LogP contribution >= 0.6 is 0 Å². The second-order valence-electron chi connectivity index (χ2n) is 5.47. The Labute approximate surface area is 106 Å². The molecule has 2 atom stereocenters. The van der Waals surface area contributed by atoms with Gasteiger partial charge in [-0.25, -0.2) is 4.39 Å². The second-order valence-corrected chi connectivity index (χ2v) is 5.47. The summed E-state index contributed by atoms with van der Waals surface area (Å²) in [7, 11) is 0. The maximum absolute atomic E-state index is 13.5. The first-order valence-electron chi connectivity index (χ1n) is 6.64. The molecular formula is C15H17FO2. The molecule has 1 unspecified atom stereocenters. The Hall–Kier alpha value is -1.38. The summed E-state index contributed by atoms with van der Waals surface area (Å²) in [6.07, 6.45) is 4.18. The summed E-state index contributed by atoms with van der Waals surface area (Å²) < 4.78 is 18.9. The highest BCUT2D eigenvalue weighted by Gasteiger charge is 2.50. The van der Waals surface area contributed by atoms with Crippen LogP contribution in [-0.4, -0.2) is 5.97 Å². The van der Waals surface area contributed by atoms with Gasteiger partial charge in [-0.3, -0.25) is 4.79 Å². The van der Waals surface area contributed by atoms with Crippen molar-refractivity contribution in [3.8, 4) is 0 Å². The molecule has 2 nitrogen and oxygen atoms in total. The lowest BCUT2D eigenvalue weighted by atomic mass is 9.74. The van der Waals surface area contributed by atoms with Crippen LogP contribution in [-0.2, 0) is 14.9 Å². The molecule has 1 aromatic rings. The SMILES string of the molecule is CCCC[C@@]12CC(=O)OC(C1)c1ccc(F)cc12. The Morgan fingerprint density at radius 1 is 1.50 bits per heavy atom. The highest BCUT2D eigenvalue weighted by atomic mass is 19.1. The molecule has 1 aliphatic heterocycles. The van der Waals surface area contributed by atoms with Gasteiger partial charge in [0, 0.05) is 5.41 Å². The van der Waals surface area contributed by atoms with Gasteiger partial charge < -0.3 is 4.74 Å². The molecule has 0 radical (unpaired) electrons. The van der Waals surface area contributed by atoms with Gasteiger partial charge in [0.15, 0.2) is 0 Å². The third-order valence-electron chi connectivity index (χ3n) is 4.28. The maximum Gasteiger partial charge on any atom is 0.307 e. The zero-order valence-electron chi connectivity index (χ0n) is 10.5. The molecule has 2 aliphatic rings. The topological polar surface area (TPSA) is 26.3 Å². The van der Waals surface area contributed by atoms with Crippen LogP contribution < -0.4 is 0 Å². The largest absolute Gasteiger partial charge is 0.457 e. The van der Waals surface area contributed by atoms with Crippen molar-refractivity contribution < 1.29 is 13.9 Å². The average Bonchev–Trinajstić information content (AvgIpc) is 2.56. The van der Waals surface area contributed by atoms with Crippen LogP contribution in [0.2, 0.25) is 0 Å². The van der Waals surface area contributed by atoms with E-state index in [1.54, 1.807) is 12.1 Å². The average molecular weight is 248 g/mol. The molecule has 96 valence electrons. The van der Waals surface area contributed by atoms with E-state index in [4.69, 9.17) is 4.74 Å². The van der Waals surface area contributed by atoms with Crippen molar-refractivity contribution in [1.29, 1.82) is 0 Å². The molecular weight excluding hydrogens is 231 g/mol. The third kappa shape index (κ3) is 1.64. The molecule has 1 saturated heterocycles. The van der Waals surface area contributed by atoms with Gasteiger partial charge in [0.05, 0.1) is 6.42 Å². The second kappa shape index (κ2) is 4.08. The van der Waals surface area contributed by atoms with Crippen molar-refractivity contribution in [3.05, 3.63) is 35.1 Å². The Balaban J connectivity index is 2.06. The summed E-state index contributed by atoms with van der Waals surface area (Å²) in [6.45, 7) is 2.14. The predicted molar refractivity (Wildman–Crippen MR) is 65.7 cm³/mol. The number of hydrogen-bond donors (Lipinski definition) is 0. The lowest BCUT2D eigenvalue weighted by molar-refractivity contribution is -0.156. The predicted octanol–water partition coefficient (Wildman–Crippen LogP) is 3.65. The van der Waals surface area contributed by atoms with Gasteiger partial charge in [0.25, 0.3) is 0 Å². The molecule has 1 aromatic carbocycles. The number of benzene rings is 1. The Bertz CT molecular complexity index is 497. The zero-order valence-corrected chi connectivity index (χ0v) is 10.5. The fraction of sp³-hybridized carbons (Fsp3) is 0.533. The number of ether oxygens (including phenoxy) is 1. The van der Waals surface area contributed by atoms with Crippen molar-refractivity contribution in [2.75, 3.05) is 0 Å². The molecule has 3 heteroatoms. The summed E-state index contributed by atoms with van der Waals surface area (Å²) in [5.41, 5.74) is 1.85. The van der Waals surface area contributed by atoms with Crippen molar-refractivity contribution in [1.82, 2.24) is 0 Å². The quantitative estimate of drug-likeness (QED) is 0.763. The van der Waals surface area contributed by atoms with Gasteiger partial charge in [0.1, 0.15) is 11.9 Å². The zero-order chi connectivity index (χ0) is 12.8. The number of rotatable bonds is 3. The van der Waals surface area contributed by atoms with E-state index in [1.807, 2.05) is 0 Å². The first kappa shape index (κ1) is 11.7. The van der Waals surface area contributed by atoms with Crippen LogP contribution in [0.4, 0.5) is 4.39 Å². The maximum atomic E-state index is 13.5. The van der Waals surface area contributed by atoms with Gasteiger partial charge in [-0.05, 0) is 36.1 Å². The summed E-state index contributed by atoms with van der Waals surface area (Å²) in [4.78, 5) is 11.7. The van der Waals surface area contributed by atoms with E-state index >= 15 is 0 Å². The van der Waals surface area contributed by atoms with Gasteiger partial charge in [-0.2, -0.15) is 0 Å². The number of unbranched alkanes of at least 4 members (excludes halogenated alkanes) is 1. The van der Waals surface area contributed by atoms with Crippen LogP contribution in [0.1, 0.15) is 56.3 Å². The highest BCUT2D eigenvalue weighted by molar-refractivity contribution is 5.75. The number of hydrogen-bond acceptors (Lipinski definition) is 2. The van der Waals surface area contributed by atoms with Crippen LogP contribution in [0.5, 0.6) is 0 Å². The molecule has 18 heavy (non-hydrogen) atoms. The monoisotopic (exact) mass is 248 g/mol. The molecule has 1 heterocycles. The van der Waals surface area contributed by atoms with E-state index in [1.165, 1.54) is 6.07 Å². The molecule has 2 bridgehead atoms.